The summed E-state index contributed by atoms with van der Waals surface area (Å²) in [6.07, 6.45) is -0.0377. The maximum absolute atomic E-state index is 10.9. The van der Waals surface area contributed by atoms with E-state index >= 15 is 0 Å². The Morgan fingerprint density at radius 3 is 2.86 bits per heavy atom. The quantitative estimate of drug-likeness (QED) is 0.758. The van der Waals surface area contributed by atoms with Gasteiger partial charge in [-0.3, -0.25) is 4.79 Å². The van der Waals surface area contributed by atoms with Crippen LogP contribution in [0.5, 0.6) is 0 Å². The number of aliphatic hydroxyl groups is 1. The molecule has 22 heavy (non-hydrogen) atoms. The summed E-state index contributed by atoms with van der Waals surface area (Å²) in [5.41, 5.74) is 0.612. The van der Waals surface area contributed by atoms with Gasteiger partial charge in [-0.25, -0.2) is 4.68 Å². The Balaban J connectivity index is 1.75. The van der Waals surface area contributed by atoms with E-state index in [1.54, 1.807) is 6.20 Å². The molecular formula is C13H20N4O5. The summed E-state index contributed by atoms with van der Waals surface area (Å²) >= 11 is 0. The van der Waals surface area contributed by atoms with Gasteiger partial charge >= 0.3 is 0 Å². The fourth-order valence-corrected chi connectivity index (χ4v) is 2.75. The van der Waals surface area contributed by atoms with E-state index in [0.29, 0.717) is 12.2 Å². The normalized spacial score (nSPS) is 32.9. The lowest BCUT2D eigenvalue weighted by Crippen LogP contribution is -2.31. The summed E-state index contributed by atoms with van der Waals surface area (Å²) in [7, 11) is 0. The Hall–Kier alpha value is -1.55. The van der Waals surface area contributed by atoms with E-state index < -0.39 is 18.1 Å². The molecule has 122 valence electrons. The summed E-state index contributed by atoms with van der Waals surface area (Å²) in [6, 6.07) is 0. The van der Waals surface area contributed by atoms with Crippen molar-refractivity contribution in [2.75, 3.05) is 6.61 Å². The molecule has 0 aromatic carbocycles. The van der Waals surface area contributed by atoms with Crippen LogP contribution in [-0.2, 0) is 25.5 Å². The number of amides is 1. The van der Waals surface area contributed by atoms with Gasteiger partial charge in [0.2, 0.25) is 5.91 Å². The molecule has 0 bridgehead atoms. The highest BCUT2D eigenvalue weighted by atomic mass is 16.8. The van der Waals surface area contributed by atoms with Crippen LogP contribution in [0, 0.1) is 0 Å². The zero-order valence-corrected chi connectivity index (χ0v) is 12.7. The summed E-state index contributed by atoms with van der Waals surface area (Å²) in [6.45, 7) is 5.21. The molecule has 2 saturated heterocycles. The lowest BCUT2D eigenvalue weighted by molar-refractivity contribution is -0.201. The van der Waals surface area contributed by atoms with Crippen molar-refractivity contribution in [2.24, 2.45) is 0 Å². The van der Waals surface area contributed by atoms with Gasteiger partial charge in [-0.05, 0) is 13.8 Å². The number of rotatable bonds is 4. The Bertz CT molecular complexity index is 560. The van der Waals surface area contributed by atoms with Gasteiger partial charge in [0.1, 0.15) is 24.0 Å². The molecule has 1 aromatic heterocycles. The minimum atomic E-state index is -0.732. The average Bonchev–Trinajstić information content (AvgIpc) is 3.09. The Labute approximate surface area is 127 Å². The molecule has 0 unspecified atom stereocenters. The third-order valence-corrected chi connectivity index (χ3v) is 3.64. The number of aromatic nitrogens is 3. The van der Waals surface area contributed by atoms with Crippen LogP contribution in [0.2, 0.25) is 0 Å². The van der Waals surface area contributed by atoms with Crippen molar-refractivity contribution in [3.8, 4) is 0 Å². The molecule has 1 aromatic rings. The van der Waals surface area contributed by atoms with Gasteiger partial charge in [-0.1, -0.05) is 5.21 Å². The molecule has 0 radical (unpaired) electrons. The number of hydrogen-bond donors (Lipinski definition) is 2. The molecule has 3 rings (SSSR count). The number of nitrogens with one attached hydrogen (secondary N) is 1. The van der Waals surface area contributed by atoms with E-state index in [1.165, 1.54) is 11.6 Å². The first-order valence-electron chi connectivity index (χ1n) is 7.17. The van der Waals surface area contributed by atoms with Crippen LogP contribution >= 0.6 is 0 Å². The molecule has 2 fully saturated rings. The van der Waals surface area contributed by atoms with Crippen LogP contribution in [0.4, 0.5) is 0 Å². The smallest absolute Gasteiger partial charge is 0.217 e. The van der Waals surface area contributed by atoms with E-state index in [9.17, 15) is 9.90 Å². The minimum absolute atomic E-state index is 0.138. The summed E-state index contributed by atoms with van der Waals surface area (Å²) < 4.78 is 19.0. The topological polar surface area (TPSA) is 108 Å². The highest BCUT2D eigenvalue weighted by molar-refractivity contribution is 5.72. The predicted molar refractivity (Wildman–Crippen MR) is 72.4 cm³/mol. The number of ether oxygens (including phenoxy) is 3. The third kappa shape index (κ3) is 2.84. The van der Waals surface area contributed by atoms with Crippen LogP contribution in [-0.4, -0.2) is 56.7 Å². The molecule has 0 spiro atoms. The van der Waals surface area contributed by atoms with Crippen LogP contribution in [0.15, 0.2) is 6.20 Å². The lowest BCUT2D eigenvalue weighted by Gasteiger charge is -2.23. The summed E-state index contributed by atoms with van der Waals surface area (Å²) in [5.74, 6) is -0.869. The van der Waals surface area contributed by atoms with Gasteiger partial charge in [0.15, 0.2) is 12.0 Å². The number of carbonyl (C=O) groups is 1. The zero-order valence-electron chi connectivity index (χ0n) is 12.7. The van der Waals surface area contributed by atoms with Crippen LogP contribution < -0.4 is 5.32 Å². The molecule has 9 nitrogen and oxygen atoms in total. The molecule has 4 atom stereocenters. The Morgan fingerprint density at radius 1 is 1.45 bits per heavy atom. The number of nitrogens with zero attached hydrogens (tertiary/aromatic N) is 3. The van der Waals surface area contributed by atoms with Crippen molar-refractivity contribution in [1.82, 2.24) is 20.3 Å². The average molecular weight is 312 g/mol. The largest absolute Gasteiger partial charge is 0.394 e. The zero-order chi connectivity index (χ0) is 15.9. The first-order valence-corrected chi connectivity index (χ1v) is 7.17. The molecule has 1 amide bonds. The fraction of sp³-hybridized carbons (Fsp3) is 0.769. The van der Waals surface area contributed by atoms with Gasteiger partial charge in [-0.2, -0.15) is 0 Å². The molecule has 9 heteroatoms. The molecule has 0 saturated carbocycles. The maximum Gasteiger partial charge on any atom is 0.217 e. The van der Waals surface area contributed by atoms with Crippen molar-refractivity contribution in [2.45, 2.75) is 57.6 Å². The molecule has 2 N–H and O–H groups in total. The Morgan fingerprint density at radius 2 is 2.18 bits per heavy atom. The number of hydrogen-bond acceptors (Lipinski definition) is 7. The maximum atomic E-state index is 10.9. The standard InChI is InChI=1S/C13H20N4O5/c1-7(19)14-4-8-5-17(16-15-8)12-11-10(9(6-18)20-12)21-13(2,3)22-11/h5,9-12,18H,4,6H2,1-3H3,(H,14,19)/t9-,10-,11-,12-/m1/s1. The highest BCUT2D eigenvalue weighted by Gasteiger charge is 2.56. The monoisotopic (exact) mass is 312 g/mol. The highest BCUT2D eigenvalue weighted by Crippen LogP contribution is 2.42. The van der Waals surface area contributed by atoms with Crippen molar-refractivity contribution >= 4 is 5.91 Å². The molecule has 3 heterocycles. The summed E-state index contributed by atoms with van der Waals surface area (Å²) in [4.78, 5) is 10.9. The second-order valence-electron chi connectivity index (χ2n) is 5.91. The van der Waals surface area contributed by atoms with Crippen molar-refractivity contribution in [1.29, 1.82) is 0 Å². The van der Waals surface area contributed by atoms with Crippen molar-refractivity contribution in [3.63, 3.8) is 0 Å². The molecule has 2 aliphatic rings. The van der Waals surface area contributed by atoms with Crippen molar-refractivity contribution in [3.05, 3.63) is 11.9 Å². The van der Waals surface area contributed by atoms with E-state index in [2.05, 4.69) is 15.6 Å². The van der Waals surface area contributed by atoms with E-state index in [4.69, 9.17) is 14.2 Å². The second kappa shape index (κ2) is 5.58. The number of carbonyl (C=O) groups excluding carboxylic acids is 1. The van der Waals surface area contributed by atoms with Crippen molar-refractivity contribution < 1.29 is 24.1 Å². The Kier molecular flexibility index (Phi) is 3.89. The first-order chi connectivity index (χ1) is 10.4. The molecular weight excluding hydrogens is 292 g/mol. The SMILES string of the molecule is CC(=O)NCc1cn([C@@H]2O[C@H](CO)[C@H]3OC(C)(C)O[C@H]32)nn1. The van der Waals surface area contributed by atoms with Gasteiger partial charge in [0.25, 0.3) is 0 Å². The van der Waals surface area contributed by atoms with Gasteiger partial charge in [0.05, 0.1) is 19.3 Å². The van der Waals surface area contributed by atoms with Gasteiger partial charge in [0, 0.05) is 6.92 Å². The number of aliphatic hydroxyl groups excluding tert-OH is 1. The van der Waals surface area contributed by atoms with Crippen LogP contribution in [0.3, 0.4) is 0 Å². The number of fused-ring (bicyclic) bond motifs is 1. The fourth-order valence-electron chi connectivity index (χ4n) is 2.75. The summed E-state index contributed by atoms with van der Waals surface area (Å²) in [5, 5.41) is 20.1. The van der Waals surface area contributed by atoms with E-state index in [-0.39, 0.29) is 24.7 Å². The third-order valence-electron chi connectivity index (χ3n) is 3.64. The van der Waals surface area contributed by atoms with Gasteiger partial charge in [-0.15, -0.1) is 5.10 Å². The van der Waals surface area contributed by atoms with Gasteiger partial charge < -0.3 is 24.6 Å². The lowest BCUT2D eigenvalue weighted by atomic mass is 10.1. The molecule has 2 aliphatic heterocycles. The van der Waals surface area contributed by atoms with E-state index in [0.717, 1.165) is 0 Å². The second-order valence-corrected chi connectivity index (χ2v) is 5.91. The minimum Gasteiger partial charge on any atom is -0.394 e. The predicted octanol–water partition coefficient (Wildman–Crippen LogP) is -0.676. The first kappa shape index (κ1) is 15.3. The van der Waals surface area contributed by atoms with Crippen LogP contribution in [0.1, 0.15) is 32.7 Å². The van der Waals surface area contributed by atoms with E-state index in [1.807, 2.05) is 13.8 Å². The molecule has 0 aliphatic carbocycles. The van der Waals surface area contributed by atoms with Crippen LogP contribution in [0.25, 0.3) is 0 Å².